The number of para-hydroxylation sites is 1. The zero-order valence-electron chi connectivity index (χ0n) is 40.7. The van der Waals surface area contributed by atoms with Crippen LogP contribution in [-0.2, 0) is 37.2 Å². The Morgan fingerprint density at radius 3 is 2.24 bits per heavy atom. The van der Waals surface area contributed by atoms with Crippen molar-refractivity contribution < 1.29 is 19.2 Å². The van der Waals surface area contributed by atoms with E-state index in [0.717, 1.165) is 81.7 Å². The molecule has 2 unspecified atom stereocenters. The summed E-state index contributed by atoms with van der Waals surface area (Å²) in [7, 11) is 6.93. The van der Waals surface area contributed by atoms with E-state index in [9.17, 15) is 24.0 Å². The van der Waals surface area contributed by atoms with E-state index in [2.05, 4.69) is 86.2 Å². The fourth-order valence-corrected chi connectivity index (χ4v) is 11.6. The van der Waals surface area contributed by atoms with Crippen LogP contribution in [0.25, 0.3) is 49.7 Å². The molecule has 0 spiro atoms. The van der Waals surface area contributed by atoms with Crippen LogP contribution in [0.5, 0.6) is 0 Å². The summed E-state index contributed by atoms with van der Waals surface area (Å²) in [5.41, 5.74) is 10.8. The van der Waals surface area contributed by atoms with E-state index < -0.39 is 11.8 Å². The number of likely N-dealkylation sites (tertiary alicyclic amines) is 1. The first-order chi connectivity index (χ1) is 34.1. The Bertz CT molecular complexity index is 3590. The molecule has 3 aliphatic heterocycles. The first-order valence-corrected chi connectivity index (χ1v) is 23.8. The molecule has 4 amide bonds. The Morgan fingerprint density at radius 2 is 1.52 bits per heavy atom. The Kier molecular flexibility index (Phi) is 10.7. The van der Waals surface area contributed by atoms with Gasteiger partial charge < -0.3 is 15.5 Å². The highest BCUT2D eigenvalue weighted by molar-refractivity contribution is 6.13. The summed E-state index contributed by atoms with van der Waals surface area (Å²) in [6, 6.07) is 31.6. The van der Waals surface area contributed by atoms with E-state index in [-0.39, 0.29) is 40.2 Å². The highest BCUT2D eigenvalue weighted by atomic mass is 16.2. The van der Waals surface area contributed by atoms with Crippen LogP contribution in [-0.4, -0.2) is 100 Å². The number of rotatable bonds is 11. The predicted molar refractivity (Wildman–Crippen MR) is 272 cm³/mol. The van der Waals surface area contributed by atoms with E-state index in [1.54, 1.807) is 43.0 Å². The summed E-state index contributed by atoms with van der Waals surface area (Å²) in [6.45, 7) is 9.36. The Labute approximate surface area is 409 Å². The van der Waals surface area contributed by atoms with Crippen molar-refractivity contribution in [2.24, 2.45) is 21.1 Å². The summed E-state index contributed by atoms with van der Waals surface area (Å²) in [5, 5.41) is 23.4. The molecule has 71 heavy (non-hydrogen) atoms. The molecule has 0 aliphatic carbocycles. The van der Waals surface area contributed by atoms with Crippen LogP contribution in [0.4, 0.5) is 11.4 Å². The minimum Gasteiger partial charge on any atom is -0.355 e. The van der Waals surface area contributed by atoms with Gasteiger partial charge in [0.15, 0.2) is 5.69 Å². The molecule has 11 rings (SSSR count). The van der Waals surface area contributed by atoms with Gasteiger partial charge >= 0.3 is 5.69 Å². The summed E-state index contributed by atoms with van der Waals surface area (Å²) in [5.74, 6) is -1.62. The molecule has 0 saturated carbocycles. The molecular weight excluding hydrogens is 897 g/mol. The summed E-state index contributed by atoms with van der Waals surface area (Å²) in [6.07, 6.45) is 3.12. The second-order valence-electron chi connectivity index (χ2n) is 19.6. The number of anilines is 2. The third kappa shape index (κ3) is 7.32. The number of aryl methyl sites for hydroxylation is 4. The minimum absolute atomic E-state index is 0.0776. The van der Waals surface area contributed by atoms with Gasteiger partial charge in [0.25, 0.3) is 11.8 Å². The normalized spacial score (nSPS) is 19.9. The van der Waals surface area contributed by atoms with Crippen LogP contribution in [0, 0.1) is 6.92 Å². The number of piperazine rings is 1. The molecule has 17 heteroatoms. The third-order valence-corrected chi connectivity index (χ3v) is 15.3. The number of imide groups is 1. The molecule has 6 heterocycles. The molecule has 3 aliphatic rings. The van der Waals surface area contributed by atoms with Crippen molar-refractivity contribution in [3.8, 4) is 27.9 Å². The molecule has 360 valence electrons. The maximum Gasteiger partial charge on any atom is 0.350 e. The molecule has 8 aromatic rings. The Balaban J connectivity index is 0.865. The quantitative estimate of drug-likeness (QED) is 0.102. The van der Waals surface area contributed by atoms with Gasteiger partial charge in [0.05, 0.1) is 39.4 Å². The molecule has 3 atom stereocenters. The van der Waals surface area contributed by atoms with Gasteiger partial charge in [0, 0.05) is 82.0 Å². The number of carbonyl (C=O) groups is 4. The lowest BCUT2D eigenvalue weighted by Crippen LogP contribution is -2.39. The Hall–Kier alpha value is -8.18. The standard InChI is InChI=1S/C54H54N12O5/c1-31-38(20-22-43-45(31)47(60-61(43)5)51(70)57-35-12-8-11-34(26-35)49(68)55-4)39-19-18-37(65-30-56-63(7)52(65)71)27-42(39)32-14-16-36(17-15-32)66-53(2)28-64(29-54(53,66)3)25-24-33-10-9-13-40-46(59-62(6)48(33)40)41-21-23-44(67)58-50(41)69/h8-20,22,26-27,30,41H,21,23-25,28-29H2,1-7H3,(H,55,68)(H,57,70)(H,58,67,69)/t41?,53-,54?,66?/m1/s1. The number of hydrogen-bond donors (Lipinski definition) is 3. The SMILES string of the molecule is CNC(=O)c1cccc(NC(=O)c2nn(C)c3ccc(-c4ccc(-n5cnn(C)c5=O)cc4-c4ccc(N5C6(C)CN(CCc7cccc8c(C9CCC(=O)NC9=O)nn(C)c78)C[C@@]56C)cc4)c(C)c23)c1. The predicted octanol–water partition coefficient (Wildman–Crippen LogP) is 6.01. The fourth-order valence-electron chi connectivity index (χ4n) is 11.6. The highest BCUT2D eigenvalue weighted by Crippen LogP contribution is 2.59. The lowest BCUT2D eigenvalue weighted by Gasteiger charge is -2.26. The molecule has 3 saturated heterocycles. The van der Waals surface area contributed by atoms with Crippen molar-refractivity contribution in [1.29, 1.82) is 0 Å². The van der Waals surface area contributed by atoms with Crippen molar-refractivity contribution in [1.82, 2.24) is 49.4 Å². The second-order valence-corrected chi connectivity index (χ2v) is 19.6. The average Bonchev–Trinajstić information content (AvgIpc) is 3.87. The molecule has 0 bridgehead atoms. The van der Waals surface area contributed by atoms with Crippen molar-refractivity contribution in [3.05, 3.63) is 142 Å². The summed E-state index contributed by atoms with van der Waals surface area (Å²) < 4.78 is 6.41. The molecule has 5 aromatic carbocycles. The fraction of sp³-hybridized carbons (Fsp3) is 0.296. The largest absolute Gasteiger partial charge is 0.355 e. The number of amides is 4. The zero-order valence-corrected chi connectivity index (χ0v) is 40.7. The van der Waals surface area contributed by atoms with E-state index >= 15 is 0 Å². The number of benzene rings is 5. The molecular formula is C54H54N12O5. The summed E-state index contributed by atoms with van der Waals surface area (Å²) in [4.78, 5) is 69.3. The molecule has 3 fully saturated rings. The highest BCUT2D eigenvalue weighted by Gasteiger charge is 2.73. The van der Waals surface area contributed by atoms with Gasteiger partial charge in [0.1, 0.15) is 6.33 Å². The van der Waals surface area contributed by atoms with Crippen molar-refractivity contribution in [3.63, 3.8) is 0 Å². The van der Waals surface area contributed by atoms with Gasteiger partial charge in [0.2, 0.25) is 11.8 Å². The molecule has 3 aromatic heterocycles. The van der Waals surface area contributed by atoms with Crippen LogP contribution >= 0.6 is 0 Å². The lowest BCUT2D eigenvalue weighted by molar-refractivity contribution is -0.134. The number of carbonyl (C=O) groups excluding carboxylic acids is 4. The first-order valence-electron chi connectivity index (χ1n) is 23.8. The topological polar surface area (TPSA) is 186 Å². The van der Waals surface area contributed by atoms with E-state index in [1.807, 2.05) is 62.1 Å². The van der Waals surface area contributed by atoms with Gasteiger partial charge in [-0.05, 0) is 116 Å². The van der Waals surface area contributed by atoms with Crippen LogP contribution in [0.3, 0.4) is 0 Å². The molecule has 0 radical (unpaired) electrons. The van der Waals surface area contributed by atoms with Crippen LogP contribution in [0.2, 0.25) is 0 Å². The Morgan fingerprint density at radius 1 is 0.789 bits per heavy atom. The van der Waals surface area contributed by atoms with Crippen molar-refractivity contribution in [2.45, 2.75) is 57.0 Å². The number of piperidine rings is 1. The maximum absolute atomic E-state index is 14.0. The minimum atomic E-state index is -0.446. The molecule has 3 N–H and O–H groups in total. The smallest absolute Gasteiger partial charge is 0.350 e. The van der Waals surface area contributed by atoms with Crippen LogP contribution in [0.1, 0.15) is 70.3 Å². The van der Waals surface area contributed by atoms with Gasteiger partial charge in [-0.1, -0.05) is 48.5 Å². The van der Waals surface area contributed by atoms with Crippen molar-refractivity contribution >= 4 is 56.8 Å². The van der Waals surface area contributed by atoms with E-state index in [0.29, 0.717) is 35.2 Å². The van der Waals surface area contributed by atoms with Crippen LogP contribution < -0.4 is 26.5 Å². The summed E-state index contributed by atoms with van der Waals surface area (Å²) >= 11 is 0. The monoisotopic (exact) mass is 950 g/mol. The zero-order chi connectivity index (χ0) is 49.7. The van der Waals surface area contributed by atoms with E-state index in [4.69, 9.17) is 5.10 Å². The number of fused-ring (bicyclic) bond motifs is 3. The van der Waals surface area contributed by atoms with Crippen molar-refractivity contribution in [2.75, 3.05) is 36.9 Å². The second kappa shape index (κ2) is 16.8. The van der Waals surface area contributed by atoms with Gasteiger partial charge in [-0.3, -0.25) is 38.8 Å². The number of nitrogens with zero attached hydrogens (tertiary/aromatic N) is 9. The third-order valence-electron chi connectivity index (χ3n) is 15.3. The molecule has 17 nitrogen and oxygen atoms in total. The lowest BCUT2D eigenvalue weighted by atomic mass is 9.90. The maximum atomic E-state index is 14.0. The number of nitrogens with one attached hydrogen (secondary N) is 3. The number of hydrogen-bond acceptors (Lipinski definition) is 10. The average molecular weight is 951 g/mol. The number of aromatic nitrogens is 7. The van der Waals surface area contributed by atoms with Crippen LogP contribution in [0.15, 0.2) is 108 Å². The first kappa shape index (κ1) is 45.3. The van der Waals surface area contributed by atoms with Gasteiger partial charge in [-0.25, -0.2) is 14.0 Å². The van der Waals surface area contributed by atoms with Gasteiger partial charge in [-0.15, -0.1) is 0 Å². The van der Waals surface area contributed by atoms with Gasteiger partial charge in [-0.2, -0.15) is 15.3 Å². The van der Waals surface area contributed by atoms with E-state index in [1.165, 1.54) is 21.1 Å².